The van der Waals surface area contributed by atoms with E-state index in [0.29, 0.717) is 48.1 Å². The third kappa shape index (κ3) is 4.00. The Morgan fingerprint density at radius 3 is 2.81 bits per heavy atom. The monoisotopic (exact) mass is 417 g/mol. The summed E-state index contributed by atoms with van der Waals surface area (Å²) in [7, 11) is 1.67. The fourth-order valence-corrected chi connectivity index (χ4v) is 3.94. The molecule has 1 unspecified atom stereocenters. The van der Waals surface area contributed by atoms with Gasteiger partial charge in [-0.05, 0) is 48.7 Å². The molecule has 0 radical (unpaired) electrons. The Morgan fingerprint density at radius 2 is 2.13 bits per heavy atom. The summed E-state index contributed by atoms with van der Waals surface area (Å²) < 4.78 is 6.52. The first kappa shape index (κ1) is 20.6. The number of pyridine rings is 1. The highest BCUT2D eigenvalue weighted by molar-refractivity contribution is 5.94. The molecule has 1 fully saturated rings. The average molecular weight is 417 g/mol. The number of nitriles is 1. The smallest absolute Gasteiger partial charge is 0.255 e. The number of benzene rings is 1. The number of methoxy groups -OCH3 is 1. The van der Waals surface area contributed by atoms with Crippen LogP contribution in [0.1, 0.15) is 27.9 Å². The van der Waals surface area contributed by atoms with Gasteiger partial charge in [-0.2, -0.15) is 15.0 Å². The van der Waals surface area contributed by atoms with Gasteiger partial charge in [0.1, 0.15) is 0 Å². The molecule has 158 valence electrons. The topological polar surface area (TPSA) is 104 Å². The van der Waals surface area contributed by atoms with Crippen LogP contribution in [0.2, 0.25) is 0 Å². The molecule has 1 atom stereocenters. The number of amides is 1. The molecule has 1 aliphatic heterocycles. The van der Waals surface area contributed by atoms with Crippen molar-refractivity contribution in [3.8, 4) is 28.9 Å². The maximum absolute atomic E-state index is 12.7. The molecule has 1 aliphatic rings. The van der Waals surface area contributed by atoms with Gasteiger partial charge >= 0.3 is 0 Å². The molecule has 8 heteroatoms. The molecule has 0 saturated carbocycles. The van der Waals surface area contributed by atoms with Crippen LogP contribution in [0.25, 0.3) is 16.9 Å². The quantitative estimate of drug-likeness (QED) is 0.684. The molecule has 0 spiro atoms. The van der Waals surface area contributed by atoms with Crippen molar-refractivity contribution in [2.24, 2.45) is 5.92 Å². The first-order valence-electron chi connectivity index (χ1n) is 10.0. The minimum absolute atomic E-state index is 0.0543. The van der Waals surface area contributed by atoms with Crippen molar-refractivity contribution in [1.29, 1.82) is 5.26 Å². The van der Waals surface area contributed by atoms with E-state index < -0.39 is 0 Å². The number of rotatable bonds is 5. The predicted molar refractivity (Wildman–Crippen MR) is 114 cm³/mol. The maximum atomic E-state index is 12.7. The zero-order valence-electron chi connectivity index (χ0n) is 17.4. The molecule has 8 nitrogen and oxygen atoms in total. The Bertz CT molecular complexity index is 1150. The van der Waals surface area contributed by atoms with Crippen molar-refractivity contribution in [1.82, 2.24) is 19.7 Å². The Kier molecular flexibility index (Phi) is 5.69. The maximum Gasteiger partial charge on any atom is 0.255 e. The SMILES string of the molecule is COCC1CCN(C(=O)c2ccc(-n3ncc(-c4ccc(C#N)cc4C)c3O)nc2)C1. The Balaban J connectivity index is 1.54. The van der Waals surface area contributed by atoms with Gasteiger partial charge in [-0.15, -0.1) is 0 Å². The van der Waals surface area contributed by atoms with Gasteiger partial charge in [-0.1, -0.05) is 6.07 Å². The van der Waals surface area contributed by atoms with Crippen molar-refractivity contribution >= 4 is 5.91 Å². The molecular weight excluding hydrogens is 394 g/mol. The molecule has 3 heterocycles. The van der Waals surface area contributed by atoms with Crippen molar-refractivity contribution in [2.45, 2.75) is 13.3 Å². The third-order valence-electron chi connectivity index (χ3n) is 5.58. The fraction of sp³-hybridized carbons (Fsp3) is 0.304. The van der Waals surface area contributed by atoms with E-state index in [4.69, 9.17) is 10.00 Å². The van der Waals surface area contributed by atoms with E-state index in [9.17, 15) is 9.90 Å². The Labute approximate surface area is 180 Å². The summed E-state index contributed by atoms with van der Waals surface area (Å²) in [5, 5.41) is 24.0. The van der Waals surface area contributed by atoms with E-state index >= 15 is 0 Å². The number of carbonyl (C=O) groups excluding carboxylic acids is 1. The van der Waals surface area contributed by atoms with Crippen LogP contribution in [0, 0.1) is 24.2 Å². The lowest BCUT2D eigenvalue weighted by Crippen LogP contribution is -2.29. The van der Waals surface area contributed by atoms with Crippen molar-refractivity contribution in [3.63, 3.8) is 0 Å². The Morgan fingerprint density at radius 1 is 1.29 bits per heavy atom. The lowest BCUT2D eigenvalue weighted by Gasteiger charge is -2.16. The summed E-state index contributed by atoms with van der Waals surface area (Å²) in [6.45, 7) is 3.92. The Hall–Kier alpha value is -3.70. The lowest BCUT2D eigenvalue weighted by atomic mass is 10.0. The van der Waals surface area contributed by atoms with Crippen LogP contribution in [0.3, 0.4) is 0 Å². The summed E-state index contributed by atoms with van der Waals surface area (Å²) in [6.07, 6.45) is 4.00. The number of aryl methyl sites for hydroxylation is 1. The van der Waals surface area contributed by atoms with Crippen LogP contribution in [0.5, 0.6) is 5.88 Å². The minimum Gasteiger partial charge on any atom is -0.493 e. The van der Waals surface area contributed by atoms with Gasteiger partial charge in [0.15, 0.2) is 5.82 Å². The highest BCUT2D eigenvalue weighted by atomic mass is 16.5. The molecule has 1 N–H and O–H groups in total. The van der Waals surface area contributed by atoms with Crippen LogP contribution in [0.4, 0.5) is 0 Å². The number of carbonyl (C=O) groups is 1. The summed E-state index contributed by atoms with van der Waals surface area (Å²) in [4.78, 5) is 18.9. The van der Waals surface area contributed by atoms with Gasteiger partial charge in [0.2, 0.25) is 5.88 Å². The second-order valence-corrected chi connectivity index (χ2v) is 7.70. The zero-order chi connectivity index (χ0) is 22.0. The summed E-state index contributed by atoms with van der Waals surface area (Å²) in [6, 6.07) is 10.7. The molecule has 2 aromatic heterocycles. The highest BCUT2D eigenvalue weighted by Crippen LogP contribution is 2.33. The molecule has 0 aliphatic carbocycles. The number of ether oxygens (including phenoxy) is 1. The molecular formula is C23H23N5O3. The van der Waals surface area contributed by atoms with E-state index in [0.717, 1.165) is 17.5 Å². The molecule has 4 rings (SSSR count). The number of hydrogen-bond donors (Lipinski definition) is 1. The van der Waals surface area contributed by atoms with E-state index in [1.165, 1.54) is 10.9 Å². The average Bonchev–Trinajstić information content (AvgIpc) is 3.40. The fourth-order valence-electron chi connectivity index (χ4n) is 3.94. The third-order valence-corrected chi connectivity index (χ3v) is 5.58. The molecule has 1 amide bonds. The largest absolute Gasteiger partial charge is 0.493 e. The van der Waals surface area contributed by atoms with Gasteiger partial charge in [0.05, 0.1) is 35.6 Å². The summed E-state index contributed by atoms with van der Waals surface area (Å²) in [5.74, 6) is 0.661. The molecule has 0 bridgehead atoms. The second-order valence-electron chi connectivity index (χ2n) is 7.70. The number of hydrogen-bond acceptors (Lipinski definition) is 6. The van der Waals surface area contributed by atoms with Crippen molar-refractivity contribution in [3.05, 3.63) is 59.4 Å². The van der Waals surface area contributed by atoms with Crippen molar-refractivity contribution in [2.75, 3.05) is 26.8 Å². The lowest BCUT2D eigenvalue weighted by molar-refractivity contribution is 0.0775. The van der Waals surface area contributed by atoms with Gasteiger partial charge in [0, 0.05) is 32.3 Å². The van der Waals surface area contributed by atoms with E-state index in [1.807, 2.05) is 11.8 Å². The first-order valence-corrected chi connectivity index (χ1v) is 10.0. The molecule has 1 aromatic carbocycles. The highest BCUT2D eigenvalue weighted by Gasteiger charge is 2.27. The van der Waals surface area contributed by atoms with Gasteiger partial charge in [0.25, 0.3) is 5.91 Å². The second kappa shape index (κ2) is 8.58. The number of likely N-dealkylation sites (tertiary alicyclic amines) is 1. The zero-order valence-corrected chi connectivity index (χ0v) is 17.4. The standard InChI is InChI=1S/C23H23N5O3/c1-15-9-16(10-24)3-5-19(15)20-12-26-28(23(20)30)21-6-4-18(11-25-21)22(29)27-8-7-17(13-27)14-31-2/h3-6,9,11-12,17,30H,7-8,13-14H2,1-2H3. The van der Waals surface area contributed by atoms with Gasteiger partial charge in [-0.25, -0.2) is 4.98 Å². The first-order chi connectivity index (χ1) is 15.0. The number of aromatic hydroxyl groups is 1. The number of aromatic nitrogens is 3. The van der Waals surface area contributed by atoms with Crippen molar-refractivity contribution < 1.29 is 14.6 Å². The van der Waals surface area contributed by atoms with Crippen LogP contribution in [-0.2, 0) is 4.74 Å². The van der Waals surface area contributed by atoms with Crippen LogP contribution >= 0.6 is 0 Å². The predicted octanol–water partition coefficient (Wildman–Crippen LogP) is 2.93. The van der Waals surface area contributed by atoms with E-state index in [2.05, 4.69) is 16.2 Å². The summed E-state index contributed by atoms with van der Waals surface area (Å²) >= 11 is 0. The minimum atomic E-state index is -0.0590. The van der Waals surface area contributed by atoms with Crippen LogP contribution < -0.4 is 0 Å². The number of nitrogens with zero attached hydrogens (tertiary/aromatic N) is 5. The van der Waals surface area contributed by atoms with E-state index in [-0.39, 0.29) is 11.8 Å². The van der Waals surface area contributed by atoms with E-state index in [1.54, 1.807) is 43.6 Å². The van der Waals surface area contributed by atoms with Crippen LogP contribution in [0.15, 0.2) is 42.7 Å². The molecule has 31 heavy (non-hydrogen) atoms. The van der Waals surface area contributed by atoms with Crippen LogP contribution in [-0.4, -0.2) is 57.5 Å². The molecule has 1 saturated heterocycles. The normalized spacial score (nSPS) is 15.8. The van der Waals surface area contributed by atoms with Gasteiger partial charge < -0.3 is 14.7 Å². The summed E-state index contributed by atoms with van der Waals surface area (Å²) in [5.41, 5.74) is 3.25. The molecule has 3 aromatic rings. The van der Waals surface area contributed by atoms with Gasteiger partial charge in [-0.3, -0.25) is 4.79 Å².